The molecule has 2 aromatic rings. The molecular weight excluding hydrogens is 273 g/mol. The number of rotatable bonds is 5. The Morgan fingerprint density at radius 3 is 2.65 bits per heavy atom. The van der Waals surface area contributed by atoms with Gasteiger partial charge in [0.1, 0.15) is 11.6 Å². The van der Waals surface area contributed by atoms with Gasteiger partial charge in [-0.2, -0.15) is 0 Å². The highest BCUT2D eigenvalue weighted by molar-refractivity contribution is 7.80. The quantitative estimate of drug-likeness (QED) is 0.655. The molecule has 0 amide bonds. The smallest absolute Gasteiger partial charge is 0.171 e. The summed E-state index contributed by atoms with van der Waals surface area (Å²) in [5, 5.41) is 6.68. The van der Waals surface area contributed by atoms with E-state index in [9.17, 15) is 4.39 Å². The monoisotopic (exact) mass is 289 g/mol. The Kier molecular flexibility index (Phi) is 5.43. The average molecular weight is 289 g/mol. The van der Waals surface area contributed by atoms with Crippen molar-refractivity contribution in [1.82, 2.24) is 10.3 Å². The Morgan fingerprint density at radius 1 is 1.15 bits per heavy atom. The zero-order chi connectivity index (χ0) is 14.2. The molecule has 1 aromatic heterocycles. The van der Waals surface area contributed by atoms with Crippen LogP contribution in [0.25, 0.3) is 0 Å². The number of aryl methyl sites for hydroxylation is 1. The lowest BCUT2D eigenvalue weighted by Gasteiger charge is -2.09. The van der Waals surface area contributed by atoms with E-state index in [1.165, 1.54) is 12.1 Å². The molecule has 0 saturated heterocycles. The van der Waals surface area contributed by atoms with Crippen molar-refractivity contribution >= 4 is 23.1 Å². The van der Waals surface area contributed by atoms with E-state index in [0.717, 1.165) is 30.8 Å². The zero-order valence-electron chi connectivity index (χ0n) is 11.0. The summed E-state index contributed by atoms with van der Waals surface area (Å²) in [4.78, 5) is 4.13. The van der Waals surface area contributed by atoms with E-state index >= 15 is 0 Å². The fourth-order valence-corrected chi connectivity index (χ4v) is 1.95. The molecule has 0 saturated carbocycles. The minimum absolute atomic E-state index is 0.201. The summed E-state index contributed by atoms with van der Waals surface area (Å²) in [5.74, 6) is 0.524. The second-order valence-corrected chi connectivity index (χ2v) is 4.73. The molecule has 20 heavy (non-hydrogen) atoms. The van der Waals surface area contributed by atoms with Crippen LogP contribution in [0.2, 0.25) is 0 Å². The standard InChI is InChI=1S/C15H16FN3S/c16-13-8-6-12(7-9-13)4-3-11-18-15(20)19-14-5-1-2-10-17-14/h1-2,5-10H,3-4,11H2,(H2,17,18,19,20). The zero-order valence-corrected chi connectivity index (χ0v) is 11.8. The van der Waals surface area contributed by atoms with Gasteiger partial charge in [-0.05, 0) is 54.9 Å². The molecule has 1 aromatic carbocycles. The molecule has 0 bridgehead atoms. The van der Waals surface area contributed by atoms with E-state index in [1.807, 2.05) is 18.2 Å². The van der Waals surface area contributed by atoms with Gasteiger partial charge in [0.2, 0.25) is 0 Å². The van der Waals surface area contributed by atoms with Crippen molar-refractivity contribution in [2.24, 2.45) is 0 Å². The molecule has 0 radical (unpaired) electrons. The molecule has 0 aliphatic carbocycles. The van der Waals surface area contributed by atoms with Crippen LogP contribution >= 0.6 is 12.2 Å². The molecular formula is C15H16FN3S. The van der Waals surface area contributed by atoms with E-state index < -0.39 is 0 Å². The maximum atomic E-state index is 12.7. The van der Waals surface area contributed by atoms with E-state index in [-0.39, 0.29) is 5.82 Å². The minimum Gasteiger partial charge on any atom is -0.362 e. The van der Waals surface area contributed by atoms with Gasteiger partial charge in [-0.1, -0.05) is 18.2 Å². The minimum atomic E-state index is -0.201. The number of nitrogens with zero attached hydrogens (tertiary/aromatic N) is 1. The fraction of sp³-hybridized carbons (Fsp3) is 0.200. The molecule has 0 spiro atoms. The predicted octanol–water partition coefficient (Wildman–Crippen LogP) is 3.14. The number of nitrogens with one attached hydrogen (secondary N) is 2. The van der Waals surface area contributed by atoms with Gasteiger partial charge < -0.3 is 10.6 Å². The van der Waals surface area contributed by atoms with Crippen LogP contribution < -0.4 is 10.6 Å². The third-order valence-electron chi connectivity index (χ3n) is 2.75. The second-order valence-electron chi connectivity index (χ2n) is 4.33. The molecule has 5 heteroatoms. The van der Waals surface area contributed by atoms with Gasteiger partial charge in [0, 0.05) is 12.7 Å². The number of benzene rings is 1. The predicted molar refractivity (Wildman–Crippen MR) is 83.2 cm³/mol. The molecule has 2 rings (SSSR count). The number of aromatic nitrogens is 1. The van der Waals surface area contributed by atoms with Gasteiger partial charge in [0.25, 0.3) is 0 Å². The molecule has 0 aliphatic heterocycles. The first-order valence-corrected chi connectivity index (χ1v) is 6.85. The number of hydrogen-bond donors (Lipinski definition) is 2. The van der Waals surface area contributed by atoms with Crippen LogP contribution in [0.4, 0.5) is 10.2 Å². The van der Waals surface area contributed by atoms with Crippen LogP contribution in [0.1, 0.15) is 12.0 Å². The fourth-order valence-electron chi connectivity index (χ4n) is 1.74. The van der Waals surface area contributed by atoms with E-state index in [4.69, 9.17) is 12.2 Å². The summed E-state index contributed by atoms with van der Waals surface area (Å²) in [6, 6.07) is 12.2. The van der Waals surface area contributed by atoms with E-state index in [2.05, 4.69) is 15.6 Å². The highest BCUT2D eigenvalue weighted by Crippen LogP contribution is 2.05. The topological polar surface area (TPSA) is 37.0 Å². The van der Waals surface area contributed by atoms with Gasteiger partial charge in [0.05, 0.1) is 0 Å². The lowest BCUT2D eigenvalue weighted by Crippen LogP contribution is -2.29. The summed E-state index contributed by atoms with van der Waals surface area (Å²) in [6.07, 6.45) is 3.52. The van der Waals surface area contributed by atoms with Crippen molar-refractivity contribution in [3.05, 3.63) is 60.0 Å². The average Bonchev–Trinajstić information content (AvgIpc) is 2.46. The first-order valence-electron chi connectivity index (χ1n) is 6.44. The molecule has 0 unspecified atom stereocenters. The Morgan fingerprint density at radius 2 is 1.95 bits per heavy atom. The number of hydrogen-bond acceptors (Lipinski definition) is 2. The SMILES string of the molecule is Fc1ccc(CCCNC(=S)Nc2ccccn2)cc1. The summed E-state index contributed by atoms with van der Waals surface area (Å²) in [7, 11) is 0. The van der Waals surface area contributed by atoms with Crippen molar-refractivity contribution in [1.29, 1.82) is 0 Å². The third kappa shape index (κ3) is 4.93. The van der Waals surface area contributed by atoms with E-state index in [0.29, 0.717) is 5.11 Å². The third-order valence-corrected chi connectivity index (χ3v) is 2.99. The van der Waals surface area contributed by atoms with Gasteiger partial charge in [-0.15, -0.1) is 0 Å². The largest absolute Gasteiger partial charge is 0.362 e. The molecule has 0 fully saturated rings. The Bertz CT molecular complexity index is 543. The molecule has 3 nitrogen and oxygen atoms in total. The maximum absolute atomic E-state index is 12.7. The van der Waals surface area contributed by atoms with Gasteiger partial charge in [-0.3, -0.25) is 0 Å². The number of thiocarbonyl (C=S) groups is 1. The second kappa shape index (κ2) is 7.55. The first kappa shape index (κ1) is 14.4. The highest BCUT2D eigenvalue weighted by Gasteiger charge is 1.98. The van der Waals surface area contributed by atoms with Crippen molar-refractivity contribution in [2.75, 3.05) is 11.9 Å². The number of anilines is 1. The summed E-state index contributed by atoms with van der Waals surface area (Å²) >= 11 is 5.17. The molecule has 2 N–H and O–H groups in total. The van der Waals surface area contributed by atoms with Crippen molar-refractivity contribution in [3.63, 3.8) is 0 Å². The first-order chi connectivity index (χ1) is 9.74. The van der Waals surface area contributed by atoms with Crippen LogP contribution in [-0.2, 0) is 6.42 Å². The molecule has 0 aliphatic rings. The van der Waals surface area contributed by atoms with Crippen LogP contribution in [0.15, 0.2) is 48.7 Å². The van der Waals surface area contributed by atoms with Crippen molar-refractivity contribution in [2.45, 2.75) is 12.8 Å². The highest BCUT2D eigenvalue weighted by atomic mass is 32.1. The summed E-state index contributed by atoms with van der Waals surface area (Å²) in [5.41, 5.74) is 1.12. The van der Waals surface area contributed by atoms with Crippen LogP contribution in [0.3, 0.4) is 0 Å². The van der Waals surface area contributed by atoms with Gasteiger partial charge >= 0.3 is 0 Å². The summed E-state index contributed by atoms with van der Waals surface area (Å²) in [6.45, 7) is 0.760. The number of pyridine rings is 1. The van der Waals surface area contributed by atoms with Gasteiger partial charge in [0.15, 0.2) is 5.11 Å². The Hall–Kier alpha value is -2.01. The molecule has 1 heterocycles. The Labute approximate surface area is 123 Å². The number of halogens is 1. The van der Waals surface area contributed by atoms with Crippen LogP contribution in [0, 0.1) is 5.82 Å². The maximum Gasteiger partial charge on any atom is 0.171 e. The van der Waals surface area contributed by atoms with E-state index in [1.54, 1.807) is 18.3 Å². The molecule has 104 valence electrons. The summed E-state index contributed by atoms with van der Waals surface area (Å²) < 4.78 is 12.7. The normalized spacial score (nSPS) is 10.1. The van der Waals surface area contributed by atoms with Crippen LogP contribution in [-0.4, -0.2) is 16.6 Å². The Balaban J connectivity index is 1.66. The van der Waals surface area contributed by atoms with Crippen molar-refractivity contribution < 1.29 is 4.39 Å². The van der Waals surface area contributed by atoms with Crippen LogP contribution in [0.5, 0.6) is 0 Å². The van der Waals surface area contributed by atoms with Gasteiger partial charge in [-0.25, -0.2) is 9.37 Å². The van der Waals surface area contributed by atoms with Crippen molar-refractivity contribution in [3.8, 4) is 0 Å². The molecule has 0 atom stereocenters. The lowest BCUT2D eigenvalue weighted by atomic mass is 10.1. The lowest BCUT2D eigenvalue weighted by molar-refractivity contribution is 0.626.